The second-order valence-corrected chi connectivity index (χ2v) is 12.6. The summed E-state index contributed by atoms with van der Waals surface area (Å²) in [6.07, 6.45) is 30.9. The summed E-state index contributed by atoms with van der Waals surface area (Å²) in [5.41, 5.74) is 0. The van der Waals surface area contributed by atoms with Crippen LogP contribution in [0.3, 0.4) is 0 Å². The SMILES string of the molecule is CCCCCCCCCCCCC/C=C/CCCC(O)C(O)C(CO)NC(=O)C(O)CCCCCCCCCCCC. The van der Waals surface area contributed by atoms with E-state index in [4.69, 9.17) is 0 Å². The first-order valence-electron chi connectivity index (χ1n) is 18.1. The first kappa shape index (κ1) is 41.0. The molecule has 0 aromatic heterocycles. The highest BCUT2D eigenvalue weighted by atomic mass is 16.3. The summed E-state index contributed by atoms with van der Waals surface area (Å²) in [6.45, 7) is 4.00. The number of rotatable bonds is 32. The molecule has 0 aromatic carbocycles. The van der Waals surface area contributed by atoms with E-state index in [2.05, 4.69) is 31.3 Å². The fraction of sp³-hybridized carbons (Fsp3) is 0.917. The Morgan fingerprint density at radius 1 is 0.571 bits per heavy atom. The number of allylic oxidation sites excluding steroid dienone is 2. The Bertz CT molecular complexity index is 599. The van der Waals surface area contributed by atoms with Gasteiger partial charge in [-0.25, -0.2) is 0 Å². The molecule has 0 aliphatic carbocycles. The molecule has 6 nitrogen and oxygen atoms in total. The molecule has 0 fully saturated rings. The number of aliphatic hydroxyl groups is 4. The van der Waals surface area contributed by atoms with Gasteiger partial charge in [0, 0.05) is 0 Å². The maximum Gasteiger partial charge on any atom is 0.249 e. The van der Waals surface area contributed by atoms with Gasteiger partial charge in [0.05, 0.1) is 18.8 Å². The fourth-order valence-electron chi connectivity index (χ4n) is 5.52. The highest BCUT2D eigenvalue weighted by Gasteiger charge is 2.28. The Kier molecular flexibility index (Phi) is 30.8. The quantitative estimate of drug-likeness (QED) is 0.0396. The van der Waals surface area contributed by atoms with Crippen LogP contribution >= 0.6 is 0 Å². The summed E-state index contributed by atoms with van der Waals surface area (Å²) >= 11 is 0. The van der Waals surface area contributed by atoms with Gasteiger partial charge >= 0.3 is 0 Å². The fourth-order valence-corrected chi connectivity index (χ4v) is 5.52. The highest BCUT2D eigenvalue weighted by Crippen LogP contribution is 2.15. The van der Waals surface area contributed by atoms with E-state index in [0.29, 0.717) is 12.8 Å². The van der Waals surface area contributed by atoms with Crippen LogP contribution in [0.25, 0.3) is 0 Å². The van der Waals surface area contributed by atoms with Crippen molar-refractivity contribution in [3.05, 3.63) is 12.2 Å². The Balaban J connectivity index is 3.85. The minimum absolute atomic E-state index is 0.366. The smallest absolute Gasteiger partial charge is 0.249 e. The van der Waals surface area contributed by atoms with Crippen LogP contribution in [-0.2, 0) is 4.79 Å². The van der Waals surface area contributed by atoms with Gasteiger partial charge in [-0.15, -0.1) is 0 Å². The predicted molar refractivity (Wildman–Crippen MR) is 178 cm³/mol. The van der Waals surface area contributed by atoms with Crippen molar-refractivity contribution < 1.29 is 25.2 Å². The molecule has 0 bridgehead atoms. The summed E-state index contributed by atoms with van der Waals surface area (Å²) in [4.78, 5) is 12.4. The van der Waals surface area contributed by atoms with Crippen molar-refractivity contribution in [1.29, 1.82) is 0 Å². The lowest BCUT2D eigenvalue weighted by Gasteiger charge is -2.27. The summed E-state index contributed by atoms with van der Waals surface area (Å²) in [7, 11) is 0. The molecule has 1 amide bonds. The molecule has 0 aromatic rings. The zero-order valence-corrected chi connectivity index (χ0v) is 27.8. The molecule has 0 saturated carbocycles. The normalized spacial score (nSPS) is 14.7. The largest absolute Gasteiger partial charge is 0.394 e. The molecule has 0 heterocycles. The van der Waals surface area contributed by atoms with E-state index in [1.165, 1.54) is 116 Å². The third-order valence-corrected chi connectivity index (χ3v) is 8.48. The van der Waals surface area contributed by atoms with E-state index in [9.17, 15) is 25.2 Å². The van der Waals surface area contributed by atoms with Crippen LogP contribution in [0, 0.1) is 0 Å². The van der Waals surface area contributed by atoms with Gasteiger partial charge in [0.15, 0.2) is 0 Å². The van der Waals surface area contributed by atoms with Crippen LogP contribution < -0.4 is 5.32 Å². The zero-order valence-electron chi connectivity index (χ0n) is 27.8. The molecule has 0 aliphatic rings. The topological polar surface area (TPSA) is 110 Å². The second-order valence-electron chi connectivity index (χ2n) is 12.6. The van der Waals surface area contributed by atoms with E-state index in [-0.39, 0.29) is 0 Å². The van der Waals surface area contributed by atoms with Crippen molar-refractivity contribution in [2.24, 2.45) is 0 Å². The molecular weight excluding hydrogens is 526 g/mol. The molecule has 42 heavy (non-hydrogen) atoms. The summed E-state index contributed by atoms with van der Waals surface area (Å²) in [5.74, 6) is -0.596. The monoisotopic (exact) mass is 598 g/mol. The highest BCUT2D eigenvalue weighted by molar-refractivity contribution is 5.80. The van der Waals surface area contributed by atoms with Crippen molar-refractivity contribution in [3.63, 3.8) is 0 Å². The standard InChI is InChI=1S/C36H71NO5/c1-3-5-7-9-11-13-15-16-17-18-19-20-22-23-25-27-29-33(39)35(41)32(31-38)37-36(42)34(40)30-28-26-24-21-14-12-10-8-6-4-2/h22-23,32-35,38-41H,3-21,24-31H2,1-2H3,(H,37,42)/b23-22+. The van der Waals surface area contributed by atoms with Crippen LogP contribution in [0.15, 0.2) is 12.2 Å². The van der Waals surface area contributed by atoms with Crippen LogP contribution in [0.4, 0.5) is 0 Å². The molecule has 4 unspecified atom stereocenters. The van der Waals surface area contributed by atoms with E-state index in [1.54, 1.807) is 0 Å². The van der Waals surface area contributed by atoms with Crippen LogP contribution in [0.1, 0.15) is 181 Å². The van der Waals surface area contributed by atoms with Crippen molar-refractivity contribution in [1.82, 2.24) is 5.32 Å². The van der Waals surface area contributed by atoms with E-state index >= 15 is 0 Å². The van der Waals surface area contributed by atoms with Crippen molar-refractivity contribution in [3.8, 4) is 0 Å². The predicted octanol–water partition coefficient (Wildman–Crippen LogP) is 8.28. The number of unbranched alkanes of at least 4 members (excludes halogenated alkanes) is 21. The number of amides is 1. The molecule has 0 aliphatic heterocycles. The third-order valence-electron chi connectivity index (χ3n) is 8.48. The van der Waals surface area contributed by atoms with Crippen LogP contribution in [-0.4, -0.2) is 57.3 Å². The third kappa shape index (κ3) is 25.5. The molecule has 0 spiro atoms. The van der Waals surface area contributed by atoms with E-state index in [1.807, 2.05) is 0 Å². The molecule has 5 N–H and O–H groups in total. The van der Waals surface area contributed by atoms with Gasteiger partial charge < -0.3 is 25.7 Å². The number of hydrogen-bond acceptors (Lipinski definition) is 5. The van der Waals surface area contributed by atoms with Crippen molar-refractivity contribution >= 4 is 5.91 Å². The number of carbonyl (C=O) groups is 1. The first-order valence-corrected chi connectivity index (χ1v) is 18.1. The van der Waals surface area contributed by atoms with Gasteiger partial charge in [0.25, 0.3) is 0 Å². The van der Waals surface area contributed by atoms with Crippen LogP contribution in [0.5, 0.6) is 0 Å². The maximum absolute atomic E-state index is 12.4. The summed E-state index contributed by atoms with van der Waals surface area (Å²) in [6, 6.07) is -0.994. The van der Waals surface area contributed by atoms with Gasteiger partial charge in [-0.1, -0.05) is 154 Å². The molecule has 250 valence electrons. The minimum atomic E-state index is -1.27. The Labute approximate surface area is 260 Å². The Morgan fingerprint density at radius 3 is 1.43 bits per heavy atom. The number of carbonyl (C=O) groups excluding carboxylic acids is 1. The number of aliphatic hydroxyl groups excluding tert-OH is 4. The summed E-state index contributed by atoms with van der Waals surface area (Å²) in [5, 5.41) is 43.3. The molecule has 6 heteroatoms. The average molecular weight is 598 g/mol. The molecule has 4 atom stereocenters. The average Bonchev–Trinajstić information content (AvgIpc) is 2.99. The lowest BCUT2D eigenvalue weighted by Crippen LogP contribution is -2.53. The van der Waals surface area contributed by atoms with E-state index in [0.717, 1.165) is 38.5 Å². The van der Waals surface area contributed by atoms with E-state index < -0.39 is 36.9 Å². The summed E-state index contributed by atoms with van der Waals surface area (Å²) < 4.78 is 0. The Hall–Kier alpha value is -0.950. The van der Waals surface area contributed by atoms with Gasteiger partial charge in [-0.2, -0.15) is 0 Å². The van der Waals surface area contributed by atoms with Gasteiger partial charge in [-0.05, 0) is 38.5 Å². The first-order chi connectivity index (χ1) is 20.5. The minimum Gasteiger partial charge on any atom is -0.394 e. The molecule has 0 radical (unpaired) electrons. The zero-order chi connectivity index (χ0) is 31.1. The van der Waals surface area contributed by atoms with Crippen molar-refractivity contribution in [2.75, 3.05) is 6.61 Å². The van der Waals surface area contributed by atoms with Crippen LogP contribution in [0.2, 0.25) is 0 Å². The number of hydrogen-bond donors (Lipinski definition) is 5. The second kappa shape index (κ2) is 31.5. The van der Waals surface area contributed by atoms with Crippen molar-refractivity contribution in [2.45, 2.75) is 205 Å². The lowest BCUT2D eigenvalue weighted by atomic mass is 10.00. The lowest BCUT2D eigenvalue weighted by molar-refractivity contribution is -0.132. The molecular formula is C36H71NO5. The molecule has 0 saturated heterocycles. The van der Waals surface area contributed by atoms with Gasteiger partial charge in [0.1, 0.15) is 12.2 Å². The van der Waals surface area contributed by atoms with Gasteiger partial charge in [-0.3, -0.25) is 4.79 Å². The number of nitrogens with one attached hydrogen (secondary N) is 1. The Morgan fingerprint density at radius 2 is 0.976 bits per heavy atom. The van der Waals surface area contributed by atoms with Gasteiger partial charge in [0.2, 0.25) is 5.91 Å². The molecule has 0 rings (SSSR count). The maximum atomic E-state index is 12.4.